The highest BCUT2D eigenvalue weighted by molar-refractivity contribution is 6.05. The van der Waals surface area contributed by atoms with Gasteiger partial charge in [-0.3, -0.25) is 5.10 Å². The molecule has 0 aliphatic heterocycles. The third kappa shape index (κ3) is 1.41. The van der Waals surface area contributed by atoms with Crippen LogP contribution in [0.15, 0.2) is 18.3 Å². The van der Waals surface area contributed by atoms with Crippen molar-refractivity contribution in [1.82, 2.24) is 10.2 Å². The van der Waals surface area contributed by atoms with Crippen LogP contribution in [-0.2, 0) is 0 Å². The first-order valence-electron chi connectivity index (χ1n) is 4.03. The van der Waals surface area contributed by atoms with E-state index >= 15 is 0 Å². The van der Waals surface area contributed by atoms with Crippen molar-refractivity contribution in [3.63, 3.8) is 0 Å². The Morgan fingerprint density at radius 3 is 2.53 bits per heavy atom. The number of hydrogen-bond acceptors (Lipinski definition) is 3. The first kappa shape index (κ1) is 9.20. The van der Waals surface area contributed by atoms with Crippen LogP contribution >= 0.6 is 0 Å². The molecule has 15 heavy (non-hydrogen) atoms. The van der Waals surface area contributed by atoms with Crippen LogP contribution in [0.4, 0.5) is 0 Å². The molecule has 2 aromatic rings. The number of fused-ring (bicyclic) bond motifs is 1. The second-order valence-corrected chi connectivity index (χ2v) is 2.97. The van der Waals surface area contributed by atoms with Gasteiger partial charge in [-0.05, 0) is 12.1 Å². The Labute approximate surface area is 83.2 Å². The SMILES string of the molecule is O=C(O)c1cc(C(=O)O)c2[nH]ncc2c1. The zero-order valence-corrected chi connectivity index (χ0v) is 7.39. The Bertz CT molecular complexity index is 558. The van der Waals surface area contributed by atoms with Crippen molar-refractivity contribution in [2.75, 3.05) is 0 Å². The first-order valence-corrected chi connectivity index (χ1v) is 4.03. The van der Waals surface area contributed by atoms with Crippen molar-refractivity contribution in [3.05, 3.63) is 29.5 Å². The molecule has 1 heterocycles. The van der Waals surface area contributed by atoms with Crippen molar-refractivity contribution < 1.29 is 19.8 Å². The van der Waals surface area contributed by atoms with Gasteiger partial charge in [0.25, 0.3) is 0 Å². The lowest BCUT2D eigenvalue weighted by atomic mass is 10.1. The average Bonchev–Trinajstić information content (AvgIpc) is 2.62. The molecule has 0 radical (unpaired) electrons. The van der Waals surface area contributed by atoms with Crippen molar-refractivity contribution in [2.24, 2.45) is 0 Å². The number of nitrogens with one attached hydrogen (secondary N) is 1. The van der Waals surface area contributed by atoms with Gasteiger partial charge in [-0.2, -0.15) is 5.10 Å². The summed E-state index contributed by atoms with van der Waals surface area (Å²) in [5, 5.41) is 24.3. The maximum atomic E-state index is 10.8. The minimum atomic E-state index is -1.19. The van der Waals surface area contributed by atoms with E-state index in [0.29, 0.717) is 10.9 Å². The zero-order chi connectivity index (χ0) is 11.0. The van der Waals surface area contributed by atoms with Crippen LogP contribution in [0.3, 0.4) is 0 Å². The minimum Gasteiger partial charge on any atom is -0.478 e. The summed E-state index contributed by atoms with van der Waals surface area (Å²) in [6.07, 6.45) is 1.38. The number of aromatic amines is 1. The van der Waals surface area contributed by atoms with Crippen LogP contribution in [0.25, 0.3) is 10.9 Å². The van der Waals surface area contributed by atoms with Crippen LogP contribution in [0, 0.1) is 0 Å². The molecule has 76 valence electrons. The summed E-state index contributed by atoms with van der Waals surface area (Å²) in [7, 11) is 0. The third-order valence-electron chi connectivity index (χ3n) is 2.03. The first-order chi connectivity index (χ1) is 7.09. The third-order valence-corrected chi connectivity index (χ3v) is 2.03. The van der Waals surface area contributed by atoms with Crippen LogP contribution in [0.1, 0.15) is 20.7 Å². The summed E-state index contributed by atoms with van der Waals surface area (Å²) in [6, 6.07) is 2.47. The van der Waals surface area contributed by atoms with E-state index in [4.69, 9.17) is 10.2 Å². The highest BCUT2D eigenvalue weighted by Gasteiger charge is 2.14. The van der Waals surface area contributed by atoms with Crippen molar-refractivity contribution in [1.29, 1.82) is 0 Å². The smallest absolute Gasteiger partial charge is 0.337 e. The largest absolute Gasteiger partial charge is 0.478 e. The van der Waals surface area contributed by atoms with Gasteiger partial charge in [0, 0.05) is 5.39 Å². The van der Waals surface area contributed by atoms with Crippen molar-refractivity contribution in [3.8, 4) is 0 Å². The van der Waals surface area contributed by atoms with Crippen molar-refractivity contribution in [2.45, 2.75) is 0 Å². The number of nitrogens with zero attached hydrogens (tertiary/aromatic N) is 1. The highest BCUT2D eigenvalue weighted by Crippen LogP contribution is 2.18. The fraction of sp³-hybridized carbons (Fsp3) is 0. The predicted molar refractivity (Wildman–Crippen MR) is 50.0 cm³/mol. The molecule has 0 saturated heterocycles. The van der Waals surface area contributed by atoms with E-state index in [-0.39, 0.29) is 11.1 Å². The van der Waals surface area contributed by atoms with Crippen LogP contribution in [-0.4, -0.2) is 32.3 Å². The lowest BCUT2D eigenvalue weighted by Crippen LogP contribution is -2.03. The monoisotopic (exact) mass is 206 g/mol. The molecule has 0 aliphatic carbocycles. The molecule has 0 amide bonds. The van der Waals surface area contributed by atoms with E-state index in [9.17, 15) is 9.59 Å². The number of aromatic nitrogens is 2. The Morgan fingerprint density at radius 1 is 1.20 bits per heavy atom. The molecule has 1 aromatic carbocycles. The normalized spacial score (nSPS) is 10.4. The Morgan fingerprint density at radius 2 is 1.93 bits per heavy atom. The van der Waals surface area contributed by atoms with E-state index in [2.05, 4.69) is 10.2 Å². The summed E-state index contributed by atoms with van der Waals surface area (Å²) >= 11 is 0. The van der Waals surface area contributed by atoms with Crippen LogP contribution in [0.5, 0.6) is 0 Å². The number of H-pyrrole nitrogens is 1. The van der Waals surface area contributed by atoms with Gasteiger partial charge in [0.2, 0.25) is 0 Å². The topological polar surface area (TPSA) is 103 Å². The molecule has 1 aromatic heterocycles. The second kappa shape index (κ2) is 3.09. The van der Waals surface area contributed by atoms with E-state index in [1.807, 2.05) is 0 Å². The van der Waals surface area contributed by atoms with Crippen LogP contribution in [0.2, 0.25) is 0 Å². The average molecular weight is 206 g/mol. The van der Waals surface area contributed by atoms with Crippen LogP contribution < -0.4 is 0 Å². The molecule has 0 atom stereocenters. The van der Waals surface area contributed by atoms with Gasteiger partial charge in [-0.25, -0.2) is 9.59 Å². The standard InChI is InChI=1S/C9H6N2O4/c12-8(13)4-1-5-3-10-11-7(5)6(2-4)9(14)15/h1-3H,(H,10,11)(H,12,13)(H,14,15). The van der Waals surface area contributed by atoms with Gasteiger partial charge in [0.05, 0.1) is 22.8 Å². The molecular weight excluding hydrogens is 200 g/mol. The molecular formula is C9H6N2O4. The number of benzene rings is 1. The fourth-order valence-corrected chi connectivity index (χ4v) is 1.35. The van der Waals surface area contributed by atoms with Gasteiger partial charge in [0.15, 0.2) is 0 Å². The van der Waals surface area contributed by atoms with Gasteiger partial charge in [0.1, 0.15) is 0 Å². The maximum Gasteiger partial charge on any atom is 0.337 e. The maximum absolute atomic E-state index is 10.8. The summed E-state index contributed by atoms with van der Waals surface area (Å²) < 4.78 is 0. The summed E-state index contributed by atoms with van der Waals surface area (Å²) in [4.78, 5) is 21.6. The fourth-order valence-electron chi connectivity index (χ4n) is 1.35. The number of carbonyl (C=O) groups is 2. The summed E-state index contributed by atoms with van der Waals surface area (Å²) in [5.41, 5.74) is 0.163. The number of carboxylic acids is 2. The molecule has 0 bridgehead atoms. The molecule has 2 rings (SSSR count). The predicted octanol–water partition coefficient (Wildman–Crippen LogP) is 0.959. The number of aromatic carboxylic acids is 2. The lowest BCUT2D eigenvalue weighted by Gasteiger charge is -1.99. The van der Waals surface area contributed by atoms with E-state index in [0.717, 1.165) is 6.07 Å². The summed E-state index contributed by atoms with van der Waals surface area (Å²) in [5.74, 6) is -2.35. The van der Waals surface area contributed by atoms with Gasteiger partial charge >= 0.3 is 11.9 Å². The minimum absolute atomic E-state index is 0.0682. The Balaban J connectivity index is 2.80. The molecule has 0 fully saturated rings. The lowest BCUT2D eigenvalue weighted by molar-refractivity contribution is 0.0696. The Hall–Kier alpha value is -2.37. The molecule has 3 N–H and O–H groups in total. The van der Waals surface area contributed by atoms with Gasteiger partial charge in [-0.1, -0.05) is 0 Å². The molecule has 6 heteroatoms. The second-order valence-electron chi connectivity index (χ2n) is 2.97. The molecule has 6 nitrogen and oxygen atoms in total. The number of hydrogen-bond donors (Lipinski definition) is 3. The van der Waals surface area contributed by atoms with Gasteiger partial charge in [-0.15, -0.1) is 0 Å². The van der Waals surface area contributed by atoms with E-state index in [1.54, 1.807) is 0 Å². The molecule has 0 unspecified atom stereocenters. The molecule has 0 spiro atoms. The molecule has 0 aliphatic rings. The number of carboxylic acid groups (broad SMARTS) is 2. The van der Waals surface area contributed by atoms with E-state index in [1.165, 1.54) is 12.3 Å². The molecule has 0 saturated carbocycles. The van der Waals surface area contributed by atoms with E-state index < -0.39 is 11.9 Å². The zero-order valence-electron chi connectivity index (χ0n) is 7.39. The Kier molecular flexibility index (Phi) is 1.89. The quantitative estimate of drug-likeness (QED) is 0.678. The highest BCUT2D eigenvalue weighted by atomic mass is 16.4. The van der Waals surface area contributed by atoms with Gasteiger partial charge < -0.3 is 10.2 Å². The van der Waals surface area contributed by atoms with Crippen molar-refractivity contribution >= 4 is 22.8 Å². The summed E-state index contributed by atoms with van der Waals surface area (Å²) in [6.45, 7) is 0. The number of rotatable bonds is 2.